The standard InChI is InChI=1S/C30H38N4O5/c1-30(2,3)39-29(36)33(5)15-16-38-22-9-7-20(8-10-22)25-18-27(34-14-13-21(19-34)28(35)31-4)24-12-11-23(37-6)17-26(24)32-25/h7-12,17-18,21H,13-16,19H2,1-6H3,(H,31,35)/t21-/m0/s1. The average Bonchev–Trinajstić information content (AvgIpc) is 3.41. The van der Waals surface area contributed by atoms with E-state index < -0.39 is 5.60 Å². The molecule has 0 bridgehead atoms. The number of nitrogens with one attached hydrogen (secondary N) is 1. The lowest BCUT2D eigenvalue weighted by Gasteiger charge is -2.24. The number of carbonyl (C=O) groups excluding carboxylic acids is 2. The van der Waals surface area contributed by atoms with Crippen LogP contribution in [0.15, 0.2) is 48.5 Å². The molecule has 0 radical (unpaired) electrons. The first kappa shape index (κ1) is 28.0. The summed E-state index contributed by atoms with van der Waals surface area (Å²) in [5.41, 5.74) is 3.11. The van der Waals surface area contributed by atoms with Crippen LogP contribution < -0.4 is 19.7 Å². The maximum Gasteiger partial charge on any atom is 0.410 e. The third kappa shape index (κ3) is 6.90. The van der Waals surface area contributed by atoms with Gasteiger partial charge in [0.2, 0.25) is 5.91 Å². The predicted octanol–water partition coefficient (Wildman–Crippen LogP) is 4.73. The Morgan fingerprint density at radius 3 is 2.49 bits per heavy atom. The van der Waals surface area contributed by atoms with Gasteiger partial charge < -0.3 is 29.3 Å². The van der Waals surface area contributed by atoms with Gasteiger partial charge in [-0.05, 0) is 69.7 Å². The number of carbonyl (C=O) groups is 2. The molecule has 1 aliphatic rings. The topological polar surface area (TPSA) is 93.2 Å². The predicted molar refractivity (Wildman–Crippen MR) is 152 cm³/mol. The molecule has 0 spiro atoms. The van der Waals surface area contributed by atoms with Gasteiger partial charge in [0, 0.05) is 49.9 Å². The van der Waals surface area contributed by atoms with Crippen LogP contribution in [0.5, 0.6) is 11.5 Å². The Morgan fingerprint density at radius 1 is 1.10 bits per heavy atom. The van der Waals surface area contributed by atoms with Gasteiger partial charge in [-0.2, -0.15) is 0 Å². The van der Waals surface area contributed by atoms with E-state index in [0.717, 1.165) is 46.6 Å². The van der Waals surface area contributed by atoms with Crippen molar-refractivity contribution in [3.05, 3.63) is 48.5 Å². The summed E-state index contributed by atoms with van der Waals surface area (Å²) in [4.78, 5) is 33.1. The zero-order valence-electron chi connectivity index (χ0n) is 23.6. The summed E-state index contributed by atoms with van der Waals surface area (Å²) >= 11 is 0. The first-order chi connectivity index (χ1) is 18.6. The van der Waals surface area contributed by atoms with E-state index in [-0.39, 0.29) is 17.9 Å². The second-order valence-electron chi connectivity index (χ2n) is 10.7. The van der Waals surface area contributed by atoms with E-state index in [4.69, 9.17) is 19.2 Å². The SMILES string of the molecule is CNC(=O)[C@H]1CCN(c2cc(-c3ccc(OCCN(C)C(=O)OC(C)(C)C)cc3)nc3cc(OC)ccc23)C1. The number of pyridine rings is 1. The minimum atomic E-state index is -0.537. The Balaban J connectivity index is 1.51. The molecule has 2 amide bonds. The minimum absolute atomic E-state index is 0.0364. The molecule has 2 heterocycles. The zero-order valence-corrected chi connectivity index (χ0v) is 23.6. The number of likely N-dealkylation sites (N-methyl/N-ethyl adjacent to an activating group) is 1. The van der Waals surface area contributed by atoms with Crippen LogP contribution in [0, 0.1) is 5.92 Å². The van der Waals surface area contributed by atoms with Crippen LogP contribution >= 0.6 is 0 Å². The smallest absolute Gasteiger partial charge is 0.410 e. The average molecular weight is 535 g/mol. The number of nitrogens with zero attached hydrogens (tertiary/aromatic N) is 3. The number of aromatic nitrogens is 1. The Morgan fingerprint density at radius 2 is 1.82 bits per heavy atom. The summed E-state index contributed by atoms with van der Waals surface area (Å²) in [7, 11) is 5.02. The summed E-state index contributed by atoms with van der Waals surface area (Å²) in [5.74, 6) is 1.48. The van der Waals surface area contributed by atoms with Crippen molar-refractivity contribution in [3.8, 4) is 22.8 Å². The fourth-order valence-electron chi connectivity index (χ4n) is 4.58. The normalized spacial score (nSPS) is 15.2. The molecule has 1 N–H and O–H groups in total. The molecule has 3 aromatic rings. The molecule has 9 heteroatoms. The van der Waals surface area contributed by atoms with Gasteiger partial charge in [0.05, 0.1) is 30.8 Å². The van der Waals surface area contributed by atoms with Gasteiger partial charge in [0.1, 0.15) is 23.7 Å². The van der Waals surface area contributed by atoms with Gasteiger partial charge >= 0.3 is 6.09 Å². The summed E-state index contributed by atoms with van der Waals surface area (Å²) in [6, 6.07) is 15.7. The first-order valence-corrected chi connectivity index (χ1v) is 13.2. The van der Waals surface area contributed by atoms with Gasteiger partial charge in [-0.3, -0.25) is 4.79 Å². The Labute approximate surface area is 230 Å². The maximum absolute atomic E-state index is 12.3. The van der Waals surface area contributed by atoms with Crippen molar-refractivity contribution < 1.29 is 23.8 Å². The quantitative estimate of drug-likeness (QED) is 0.447. The van der Waals surface area contributed by atoms with Crippen molar-refractivity contribution in [2.45, 2.75) is 32.8 Å². The molecule has 4 rings (SSSR count). The number of rotatable bonds is 8. The minimum Gasteiger partial charge on any atom is -0.497 e. The summed E-state index contributed by atoms with van der Waals surface area (Å²) in [5, 5.41) is 3.80. The van der Waals surface area contributed by atoms with Crippen molar-refractivity contribution in [1.82, 2.24) is 15.2 Å². The molecule has 1 aliphatic heterocycles. The van der Waals surface area contributed by atoms with E-state index in [1.807, 2.05) is 63.2 Å². The second kappa shape index (κ2) is 11.8. The molecule has 1 saturated heterocycles. The molecule has 0 unspecified atom stereocenters. The van der Waals surface area contributed by atoms with Crippen molar-refractivity contribution in [1.29, 1.82) is 0 Å². The largest absolute Gasteiger partial charge is 0.497 e. The van der Waals surface area contributed by atoms with Crippen LogP contribution in [0.1, 0.15) is 27.2 Å². The highest BCUT2D eigenvalue weighted by Gasteiger charge is 2.29. The molecule has 2 aromatic carbocycles. The number of hydrogen-bond donors (Lipinski definition) is 1. The van der Waals surface area contributed by atoms with Crippen LogP contribution in [0.4, 0.5) is 10.5 Å². The van der Waals surface area contributed by atoms with Gasteiger partial charge in [-0.15, -0.1) is 0 Å². The highest BCUT2D eigenvalue weighted by Crippen LogP contribution is 2.35. The number of ether oxygens (including phenoxy) is 3. The van der Waals surface area contributed by atoms with Crippen molar-refractivity contribution in [2.24, 2.45) is 5.92 Å². The van der Waals surface area contributed by atoms with E-state index in [2.05, 4.69) is 16.3 Å². The molecular formula is C30H38N4O5. The van der Waals surface area contributed by atoms with Crippen LogP contribution in [-0.2, 0) is 9.53 Å². The van der Waals surface area contributed by atoms with Crippen LogP contribution in [0.3, 0.4) is 0 Å². The van der Waals surface area contributed by atoms with Crippen LogP contribution in [0.25, 0.3) is 22.2 Å². The number of fused-ring (bicyclic) bond motifs is 1. The molecule has 208 valence electrons. The third-order valence-electron chi connectivity index (χ3n) is 6.69. The van der Waals surface area contributed by atoms with E-state index in [1.165, 1.54) is 4.90 Å². The third-order valence-corrected chi connectivity index (χ3v) is 6.69. The Bertz CT molecular complexity index is 1320. The Kier molecular flexibility index (Phi) is 8.47. The molecule has 0 aliphatic carbocycles. The molecule has 9 nitrogen and oxygen atoms in total. The second-order valence-corrected chi connectivity index (χ2v) is 10.7. The summed E-state index contributed by atoms with van der Waals surface area (Å²) in [6.07, 6.45) is 0.431. The maximum atomic E-state index is 12.3. The van der Waals surface area contributed by atoms with E-state index in [9.17, 15) is 9.59 Å². The number of methoxy groups -OCH3 is 1. The molecular weight excluding hydrogens is 496 g/mol. The van der Waals surface area contributed by atoms with Gasteiger partial charge in [-0.1, -0.05) is 0 Å². The lowest BCUT2D eigenvalue weighted by molar-refractivity contribution is -0.123. The van der Waals surface area contributed by atoms with E-state index in [1.54, 1.807) is 21.2 Å². The fourth-order valence-corrected chi connectivity index (χ4v) is 4.58. The van der Waals surface area contributed by atoms with Crippen molar-refractivity contribution >= 4 is 28.6 Å². The molecule has 39 heavy (non-hydrogen) atoms. The number of amides is 2. The van der Waals surface area contributed by atoms with E-state index >= 15 is 0 Å². The van der Waals surface area contributed by atoms with Gasteiger partial charge in [0.25, 0.3) is 0 Å². The summed E-state index contributed by atoms with van der Waals surface area (Å²) < 4.78 is 16.7. The summed E-state index contributed by atoms with van der Waals surface area (Å²) in [6.45, 7) is 7.73. The first-order valence-electron chi connectivity index (χ1n) is 13.2. The Hall–Kier alpha value is -4.01. The van der Waals surface area contributed by atoms with Crippen molar-refractivity contribution in [3.63, 3.8) is 0 Å². The zero-order chi connectivity index (χ0) is 28.2. The number of hydrogen-bond acceptors (Lipinski definition) is 7. The highest BCUT2D eigenvalue weighted by atomic mass is 16.6. The van der Waals surface area contributed by atoms with Crippen molar-refractivity contribution in [2.75, 3.05) is 52.3 Å². The van der Waals surface area contributed by atoms with Gasteiger partial charge in [-0.25, -0.2) is 9.78 Å². The van der Waals surface area contributed by atoms with E-state index in [0.29, 0.717) is 25.4 Å². The van der Waals surface area contributed by atoms with Crippen LogP contribution in [-0.4, -0.2) is 74.9 Å². The molecule has 0 saturated carbocycles. The number of benzene rings is 2. The molecule has 1 atom stereocenters. The lowest BCUT2D eigenvalue weighted by Crippen LogP contribution is -2.36. The fraction of sp³-hybridized carbons (Fsp3) is 0.433. The van der Waals surface area contributed by atoms with Gasteiger partial charge in [0.15, 0.2) is 0 Å². The highest BCUT2D eigenvalue weighted by molar-refractivity contribution is 5.95. The van der Waals surface area contributed by atoms with Crippen LogP contribution in [0.2, 0.25) is 0 Å². The monoisotopic (exact) mass is 534 g/mol. The lowest BCUT2D eigenvalue weighted by atomic mass is 10.1. The molecule has 1 aromatic heterocycles. The number of anilines is 1. The molecule has 1 fully saturated rings.